The minimum atomic E-state index is 0.0606. The monoisotopic (exact) mass is 258 g/mol. The van der Waals surface area contributed by atoms with Crippen LogP contribution in [0.5, 0.6) is 0 Å². The summed E-state index contributed by atoms with van der Waals surface area (Å²) in [5.41, 5.74) is 8.27. The van der Waals surface area contributed by atoms with Crippen molar-refractivity contribution in [2.75, 3.05) is 11.9 Å². The number of hydrogen-bond donors (Lipinski definition) is 2. The lowest BCUT2D eigenvalue weighted by Gasteiger charge is -2.11. The third-order valence-corrected chi connectivity index (χ3v) is 2.69. The summed E-state index contributed by atoms with van der Waals surface area (Å²) in [4.78, 5) is 11.8. The molecule has 1 rings (SSSR count). The van der Waals surface area contributed by atoms with E-state index in [9.17, 15) is 4.79 Å². The highest BCUT2D eigenvalue weighted by atomic mass is 16.1. The van der Waals surface area contributed by atoms with Crippen molar-refractivity contribution in [2.24, 2.45) is 11.7 Å². The Hall–Kier alpha value is -1.79. The highest BCUT2D eigenvalue weighted by Crippen LogP contribution is 2.18. The molecule has 0 bridgehead atoms. The Kier molecular flexibility index (Phi) is 6.11. The van der Waals surface area contributed by atoms with E-state index >= 15 is 0 Å². The van der Waals surface area contributed by atoms with Crippen molar-refractivity contribution in [3.05, 3.63) is 29.3 Å². The van der Waals surface area contributed by atoms with Crippen molar-refractivity contribution in [3.8, 4) is 11.8 Å². The van der Waals surface area contributed by atoms with E-state index < -0.39 is 0 Å². The quantitative estimate of drug-likeness (QED) is 0.815. The Morgan fingerprint density at radius 2 is 2.16 bits per heavy atom. The normalized spacial score (nSPS) is 9.95. The molecule has 102 valence electrons. The summed E-state index contributed by atoms with van der Waals surface area (Å²) in [6, 6.07) is 5.83. The molecule has 0 aliphatic rings. The molecule has 0 saturated heterocycles. The van der Waals surface area contributed by atoms with Crippen molar-refractivity contribution in [1.82, 2.24) is 0 Å². The first-order valence-corrected chi connectivity index (χ1v) is 6.68. The van der Waals surface area contributed by atoms with Crippen LogP contribution in [-0.4, -0.2) is 12.5 Å². The van der Waals surface area contributed by atoms with Gasteiger partial charge in [0.25, 0.3) is 0 Å². The molecule has 1 aromatic rings. The Morgan fingerprint density at radius 3 is 2.74 bits per heavy atom. The van der Waals surface area contributed by atoms with E-state index in [2.05, 4.69) is 24.1 Å². The number of benzene rings is 1. The van der Waals surface area contributed by atoms with Crippen molar-refractivity contribution in [2.45, 2.75) is 33.6 Å². The van der Waals surface area contributed by atoms with Crippen LogP contribution in [0, 0.1) is 17.8 Å². The van der Waals surface area contributed by atoms with Crippen LogP contribution in [0.15, 0.2) is 18.2 Å². The van der Waals surface area contributed by atoms with Crippen LogP contribution in [0.4, 0.5) is 5.69 Å². The second-order valence-corrected chi connectivity index (χ2v) is 4.88. The number of anilines is 1. The third-order valence-electron chi connectivity index (χ3n) is 2.69. The maximum Gasteiger partial charge on any atom is 0.224 e. The Morgan fingerprint density at radius 1 is 1.42 bits per heavy atom. The van der Waals surface area contributed by atoms with Gasteiger partial charge in [0.05, 0.1) is 6.54 Å². The lowest BCUT2D eigenvalue weighted by molar-refractivity contribution is -0.116. The van der Waals surface area contributed by atoms with E-state index in [4.69, 9.17) is 5.73 Å². The number of nitrogens with two attached hydrogens (primary N) is 1. The molecule has 0 aromatic heterocycles. The molecule has 19 heavy (non-hydrogen) atoms. The second-order valence-electron chi connectivity index (χ2n) is 4.88. The van der Waals surface area contributed by atoms with Crippen molar-refractivity contribution in [3.63, 3.8) is 0 Å². The SMILES string of the molecule is CCc1cc(C#CCN)ccc1NC(=O)CC(C)C. The molecule has 0 fully saturated rings. The van der Waals surface area contributed by atoms with Gasteiger partial charge in [-0.1, -0.05) is 32.6 Å². The molecule has 3 heteroatoms. The maximum atomic E-state index is 11.8. The Labute approximate surface area is 115 Å². The number of amides is 1. The minimum absolute atomic E-state index is 0.0606. The van der Waals surface area contributed by atoms with Gasteiger partial charge in [-0.2, -0.15) is 0 Å². The Bertz CT molecular complexity index is 495. The van der Waals surface area contributed by atoms with Crippen LogP contribution in [0.2, 0.25) is 0 Å². The number of hydrogen-bond acceptors (Lipinski definition) is 2. The zero-order chi connectivity index (χ0) is 14.3. The van der Waals surface area contributed by atoms with Crippen LogP contribution < -0.4 is 11.1 Å². The lowest BCUT2D eigenvalue weighted by atomic mass is 10.1. The smallest absolute Gasteiger partial charge is 0.224 e. The molecule has 0 unspecified atom stereocenters. The highest BCUT2D eigenvalue weighted by Gasteiger charge is 2.08. The maximum absolute atomic E-state index is 11.8. The van der Waals surface area contributed by atoms with Gasteiger partial charge in [-0.25, -0.2) is 0 Å². The fourth-order valence-electron chi connectivity index (χ4n) is 1.81. The zero-order valence-electron chi connectivity index (χ0n) is 11.9. The average Bonchev–Trinajstić information content (AvgIpc) is 2.36. The molecule has 0 atom stereocenters. The van der Waals surface area contributed by atoms with Gasteiger partial charge in [-0.15, -0.1) is 0 Å². The van der Waals surface area contributed by atoms with Crippen LogP contribution in [0.1, 0.15) is 38.3 Å². The summed E-state index contributed by atoms with van der Waals surface area (Å²) in [7, 11) is 0. The highest BCUT2D eigenvalue weighted by molar-refractivity contribution is 5.91. The first-order valence-electron chi connectivity index (χ1n) is 6.68. The van der Waals surface area contributed by atoms with E-state index in [1.54, 1.807) is 0 Å². The number of nitrogens with one attached hydrogen (secondary N) is 1. The Balaban J connectivity index is 2.87. The van der Waals surface area contributed by atoms with Crippen LogP contribution in [-0.2, 0) is 11.2 Å². The van der Waals surface area contributed by atoms with Crippen LogP contribution in [0.3, 0.4) is 0 Å². The largest absolute Gasteiger partial charge is 0.326 e. The van der Waals surface area contributed by atoms with Gasteiger partial charge in [0.2, 0.25) is 5.91 Å². The first kappa shape index (κ1) is 15.3. The fourth-order valence-corrected chi connectivity index (χ4v) is 1.81. The summed E-state index contributed by atoms with van der Waals surface area (Å²) in [5, 5.41) is 2.96. The molecule has 0 aliphatic heterocycles. The van der Waals surface area contributed by atoms with Gasteiger partial charge in [0.15, 0.2) is 0 Å². The number of carbonyl (C=O) groups is 1. The molecule has 0 heterocycles. The van der Waals surface area contributed by atoms with E-state index in [1.807, 2.05) is 32.0 Å². The molecule has 1 aromatic carbocycles. The summed E-state index contributed by atoms with van der Waals surface area (Å²) < 4.78 is 0. The molecular weight excluding hydrogens is 236 g/mol. The van der Waals surface area contributed by atoms with Gasteiger partial charge in [-0.3, -0.25) is 4.79 Å². The molecule has 3 N–H and O–H groups in total. The zero-order valence-corrected chi connectivity index (χ0v) is 11.9. The summed E-state index contributed by atoms with van der Waals surface area (Å²) in [5.74, 6) is 6.26. The number of rotatable bonds is 4. The predicted octanol–water partition coefficient (Wildman–Crippen LogP) is 2.54. The first-order chi connectivity index (χ1) is 9.06. The molecule has 1 amide bonds. The third kappa shape index (κ3) is 5.15. The minimum Gasteiger partial charge on any atom is -0.326 e. The molecule has 0 aliphatic carbocycles. The predicted molar refractivity (Wildman–Crippen MR) is 79.8 cm³/mol. The van der Waals surface area contributed by atoms with Gasteiger partial charge in [0.1, 0.15) is 0 Å². The second kappa shape index (κ2) is 7.60. The number of carbonyl (C=O) groups excluding carboxylic acids is 1. The van der Waals surface area contributed by atoms with Gasteiger partial charge < -0.3 is 11.1 Å². The standard InChI is InChI=1S/C16H22N2O/c1-4-14-11-13(6-5-9-17)7-8-15(14)18-16(19)10-12(2)3/h7-8,11-12H,4,9-10,17H2,1-3H3,(H,18,19). The van der Waals surface area contributed by atoms with E-state index in [0.29, 0.717) is 18.9 Å². The topological polar surface area (TPSA) is 55.1 Å². The molecule has 0 saturated carbocycles. The van der Waals surface area contributed by atoms with Crippen molar-refractivity contribution < 1.29 is 4.79 Å². The average molecular weight is 258 g/mol. The summed E-state index contributed by atoms with van der Waals surface area (Å²) in [6.45, 7) is 6.49. The van der Waals surface area contributed by atoms with Gasteiger partial charge >= 0.3 is 0 Å². The molecule has 0 radical (unpaired) electrons. The van der Waals surface area contributed by atoms with Crippen LogP contribution >= 0.6 is 0 Å². The summed E-state index contributed by atoms with van der Waals surface area (Å²) >= 11 is 0. The van der Waals surface area contributed by atoms with E-state index in [0.717, 1.165) is 23.2 Å². The van der Waals surface area contributed by atoms with E-state index in [-0.39, 0.29) is 5.91 Å². The fraction of sp³-hybridized carbons (Fsp3) is 0.438. The number of aryl methyl sites for hydroxylation is 1. The van der Waals surface area contributed by atoms with Crippen molar-refractivity contribution in [1.29, 1.82) is 0 Å². The van der Waals surface area contributed by atoms with Gasteiger partial charge in [-0.05, 0) is 36.1 Å². The molecular formula is C16H22N2O. The van der Waals surface area contributed by atoms with Gasteiger partial charge in [0, 0.05) is 17.7 Å². The van der Waals surface area contributed by atoms with E-state index in [1.165, 1.54) is 0 Å². The lowest BCUT2D eigenvalue weighted by Crippen LogP contribution is -2.15. The van der Waals surface area contributed by atoms with Crippen LogP contribution in [0.25, 0.3) is 0 Å². The van der Waals surface area contributed by atoms with Crippen molar-refractivity contribution >= 4 is 11.6 Å². The molecule has 3 nitrogen and oxygen atoms in total. The molecule has 0 spiro atoms. The summed E-state index contributed by atoms with van der Waals surface area (Å²) in [6.07, 6.45) is 1.40.